The van der Waals surface area contributed by atoms with Crippen LogP contribution in [0.3, 0.4) is 0 Å². The van der Waals surface area contributed by atoms with Gasteiger partial charge in [-0.3, -0.25) is 9.78 Å². The number of aromatic nitrogens is 2. The van der Waals surface area contributed by atoms with Gasteiger partial charge in [-0.2, -0.15) is 5.11 Å². The van der Waals surface area contributed by atoms with Crippen LogP contribution in [-0.2, 0) is 16.6 Å². The van der Waals surface area contributed by atoms with Crippen molar-refractivity contribution in [2.45, 2.75) is 11.4 Å². The fraction of sp³-hybridized carbons (Fsp3) is 0.0476. The lowest BCUT2D eigenvalue weighted by atomic mass is 10.1. The van der Waals surface area contributed by atoms with Crippen LogP contribution in [0.2, 0.25) is 0 Å². The van der Waals surface area contributed by atoms with Crippen LogP contribution in [-0.4, -0.2) is 29.4 Å². The molecule has 0 unspecified atom stereocenters. The second-order valence-corrected chi connectivity index (χ2v) is 8.42. The minimum absolute atomic E-state index is 0.0474. The molecular formula is C21H18N6O4S. The van der Waals surface area contributed by atoms with Crippen LogP contribution < -0.4 is 10.5 Å². The molecule has 0 aliphatic carbocycles. The molecular weight excluding hydrogens is 432 g/mol. The molecule has 0 atom stereocenters. The Morgan fingerprint density at radius 3 is 2.47 bits per heavy atom. The minimum atomic E-state index is -3.81. The first-order valence-corrected chi connectivity index (χ1v) is 10.9. The van der Waals surface area contributed by atoms with Gasteiger partial charge in [0.05, 0.1) is 16.1 Å². The van der Waals surface area contributed by atoms with Crippen molar-refractivity contribution < 1.29 is 18.3 Å². The summed E-state index contributed by atoms with van der Waals surface area (Å²) in [6.07, 6.45) is 3.30. The Kier molecular flexibility index (Phi) is 5.67. The number of rotatable bonds is 6. The molecule has 4 rings (SSSR count). The van der Waals surface area contributed by atoms with Crippen molar-refractivity contribution in [3.63, 3.8) is 0 Å². The largest absolute Gasteiger partial charge is 0.493 e. The zero-order valence-corrected chi connectivity index (χ0v) is 17.4. The van der Waals surface area contributed by atoms with Crippen molar-refractivity contribution in [3.05, 3.63) is 78.1 Å². The van der Waals surface area contributed by atoms with Gasteiger partial charge in [0.1, 0.15) is 0 Å². The molecule has 162 valence electrons. The lowest BCUT2D eigenvalue weighted by Crippen LogP contribution is -2.22. The summed E-state index contributed by atoms with van der Waals surface area (Å²) in [5, 5.41) is 26.8. The number of azo groups is 1. The van der Waals surface area contributed by atoms with E-state index in [4.69, 9.17) is 5.14 Å². The van der Waals surface area contributed by atoms with Crippen molar-refractivity contribution in [3.8, 4) is 5.88 Å². The number of benzene rings is 2. The van der Waals surface area contributed by atoms with E-state index in [-0.39, 0.29) is 22.4 Å². The summed E-state index contributed by atoms with van der Waals surface area (Å²) in [4.78, 5) is 19.2. The number of primary sulfonamides is 1. The SMILES string of the molecule is NS(=O)(=O)c1ccc(N=Nc2c(O)[nH]c3ccc(C(=O)NCc4ccncc4)cc23)cc1. The number of nitrogens with one attached hydrogen (secondary N) is 2. The summed E-state index contributed by atoms with van der Waals surface area (Å²) >= 11 is 0. The van der Waals surface area contributed by atoms with Crippen LogP contribution in [0, 0.1) is 0 Å². The number of carbonyl (C=O) groups is 1. The predicted molar refractivity (Wildman–Crippen MR) is 117 cm³/mol. The maximum Gasteiger partial charge on any atom is 0.251 e. The Labute approximate surface area is 182 Å². The summed E-state index contributed by atoms with van der Waals surface area (Å²) in [6, 6.07) is 14.0. The Balaban J connectivity index is 1.57. The van der Waals surface area contributed by atoms with Gasteiger partial charge >= 0.3 is 0 Å². The summed E-state index contributed by atoms with van der Waals surface area (Å²) in [5.74, 6) is -0.495. The smallest absolute Gasteiger partial charge is 0.251 e. The third-order valence-electron chi connectivity index (χ3n) is 4.65. The highest BCUT2D eigenvalue weighted by atomic mass is 32.2. The number of aromatic amines is 1. The van der Waals surface area contributed by atoms with E-state index >= 15 is 0 Å². The van der Waals surface area contributed by atoms with Gasteiger partial charge in [-0.1, -0.05) is 0 Å². The lowest BCUT2D eigenvalue weighted by molar-refractivity contribution is 0.0951. The lowest BCUT2D eigenvalue weighted by Gasteiger charge is -2.05. The van der Waals surface area contributed by atoms with Gasteiger partial charge in [-0.05, 0) is 60.2 Å². The van der Waals surface area contributed by atoms with Crippen LogP contribution in [0.1, 0.15) is 15.9 Å². The molecule has 0 aliphatic rings. The molecule has 32 heavy (non-hydrogen) atoms. The molecule has 0 aliphatic heterocycles. The number of sulfonamides is 1. The van der Waals surface area contributed by atoms with Crippen LogP contribution in [0.15, 0.2) is 82.1 Å². The van der Waals surface area contributed by atoms with Gasteiger partial charge in [0, 0.05) is 29.9 Å². The number of aromatic hydroxyl groups is 1. The van der Waals surface area contributed by atoms with E-state index in [0.29, 0.717) is 28.7 Å². The zero-order valence-electron chi connectivity index (χ0n) is 16.6. The van der Waals surface area contributed by atoms with Gasteiger partial charge in [-0.15, -0.1) is 5.11 Å². The van der Waals surface area contributed by atoms with E-state index in [1.54, 1.807) is 30.6 Å². The van der Waals surface area contributed by atoms with E-state index in [0.717, 1.165) is 5.56 Å². The molecule has 11 heteroatoms. The Morgan fingerprint density at radius 2 is 1.78 bits per heavy atom. The highest BCUT2D eigenvalue weighted by Gasteiger charge is 2.14. The molecule has 2 heterocycles. The predicted octanol–water partition coefficient (Wildman–Crippen LogP) is 3.26. The molecule has 0 saturated heterocycles. The zero-order chi connectivity index (χ0) is 22.7. The van der Waals surface area contributed by atoms with Gasteiger partial charge in [0.15, 0.2) is 5.69 Å². The number of nitrogens with two attached hydrogens (primary N) is 1. The van der Waals surface area contributed by atoms with Crippen molar-refractivity contribution in [2.75, 3.05) is 0 Å². The fourth-order valence-corrected chi connectivity index (χ4v) is 3.52. The number of H-pyrrole nitrogens is 1. The molecule has 2 aromatic carbocycles. The van der Waals surface area contributed by atoms with Gasteiger partial charge in [-0.25, -0.2) is 13.6 Å². The van der Waals surface area contributed by atoms with Crippen LogP contribution in [0.4, 0.5) is 11.4 Å². The molecule has 10 nitrogen and oxygen atoms in total. The number of nitrogens with zero attached hydrogens (tertiary/aromatic N) is 3. The summed E-state index contributed by atoms with van der Waals surface area (Å²) in [6.45, 7) is 0.346. The molecule has 0 radical (unpaired) electrons. The average Bonchev–Trinajstić information content (AvgIpc) is 3.10. The van der Waals surface area contributed by atoms with Gasteiger partial charge in [0.2, 0.25) is 15.9 Å². The maximum absolute atomic E-state index is 12.6. The minimum Gasteiger partial charge on any atom is -0.493 e. The number of pyridine rings is 1. The number of fused-ring (bicyclic) bond motifs is 1. The molecule has 0 saturated carbocycles. The first kappa shape index (κ1) is 21.2. The van der Waals surface area contributed by atoms with Crippen LogP contribution in [0.25, 0.3) is 10.9 Å². The summed E-state index contributed by atoms with van der Waals surface area (Å²) < 4.78 is 22.7. The third-order valence-corrected chi connectivity index (χ3v) is 5.58. The Bertz CT molecular complexity index is 1410. The average molecular weight is 450 g/mol. The Hall–Kier alpha value is -4.09. The van der Waals surface area contributed by atoms with Crippen molar-refractivity contribution in [1.82, 2.24) is 15.3 Å². The maximum atomic E-state index is 12.6. The Morgan fingerprint density at radius 1 is 1.06 bits per heavy atom. The van der Waals surface area contributed by atoms with Crippen LogP contribution in [0.5, 0.6) is 5.88 Å². The molecule has 0 spiro atoms. The van der Waals surface area contributed by atoms with E-state index in [1.807, 2.05) is 12.1 Å². The highest BCUT2D eigenvalue weighted by Crippen LogP contribution is 2.36. The summed E-state index contributed by atoms with van der Waals surface area (Å²) in [7, 11) is -3.81. The number of hydrogen-bond donors (Lipinski definition) is 4. The van der Waals surface area contributed by atoms with Crippen molar-refractivity contribution in [2.24, 2.45) is 15.4 Å². The molecule has 0 fully saturated rings. The van der Waals surface area contributed by atoms with Gasteiger partial charge in [0.25, 0.3) is 5.91 Å². The van der Waals surface area contributed by atoms with Crippen molar-refractivity contribution in [1.29, 1.82) is 0 Å². The normalized spacial score (nSPS) is 11.8. The van der Waals surface area contributed by atoms with E-state index < -0.39 is 10.0 Å². The highest BCUT2D eigenvalue weighted by molar-refractivity contribution is 7.89. The molecule has 4 aromatic rings. The van der Waals surface area contributed by atoms with Gasteiger partial charge < -0.3 is 15.4 Å². The van der Waals surface area contributed by atoms with Crippen molar-refractivity contribution >= 4 is 38.2 Å². The molecule has 1 amide bonds. The topological polar surface area (TPSA) is 163 Å². The number of amides is 1. The molecule has 2 aromatic heterocycles. The van der Waals surface area contributed by atoms with Crippen LogP contribution >= 0.6 is 0 Å². The second-order valence-electron chi connectivity index (χ2n) is 6.86. The second kappa shape index (κ2) is 8.57. The standard InChI is InChI=1S/C21H18N6O4S/c22-32(30,31)16-4-2-15(3-5-16)26-27-19-17-11-14(1-6-18(17)25-21(19)29)20(28)24-12-13-7-9-23-10-8-13/h1-11,25,29H,12H2,(H,24,28)(H2,22,30,31). The first-order valence-electron chi connectivity index (χ1n) is 9.38. The molecule has 5 N–H and O–H groups in total. The van der Waals surface area contributed by atoms with E-state index in [1.165, 1.54) is 24.3 Å². The quantitative estimate of drug-likeness (QED) is 0.331. The fourth-order valence-electron chi connectivity index (χ4n) is 3.00. The van der Waals surface area contributed by atoms with E-state index in [9.17, 15) is 18.3 Å². The summed E-state index contributed by atoms with van der Waals surface area (Å²) in [5.41, 5.74) is 2.39. The van der Waals surface area contributed by atoms with E-state index in [2.05, 4.69) is 25.5 Å². The third kappa shape index (κ3) is 4.63. The number of hydrogen-bond acceptors (Lipinski definition) is 7. The monoisotopic (exact) mass is 450 g/mol. The number of carbonyl (C=O) groups excluding carboxylic acids is 1. The first-order chi connectivity index (χ1) is 15.3. The molecule has 0 bridgehead atoms.